The number of nitrogens with one attached hydrogen (secondary N) is 1. The van der Waals surface area contributed by atoms with Crippen LogP contribution < -0.4 is 5.32 Å². The second kappa shape index (κ2) is 12.4. The van der Waals surface area contributed by atoms with Gasteiger partial charge in [0.1, 0.15) is 0 Å². The smallest absolute Gasteiger partial charge is 0.358 e. The average molecular weight is 539 g/mol. The summed E-state index contributed by atoms with van der Waals surface area (Å²) < 4.78 is 7.01. The molecule has 0 fully saturated rings. The van der Waals surface area contributed by atoms with Gasteiger partial charge in [0, 0.05) is 17.0 Å². The van der Waals surface area contributed by atoms with Crippen molar-refractivity contribution in [2.75, 3.05) is 11.9 Å². The van der Waals surface area contributed by atoms with Crippen LogP contribution in [0.15, 0.2) is 78.9 Å². The Kier molecular flexibility index (Phi) is 8.38. The van der Waals surface area contributed by atoms with Gasteiger partial charge in [0.15, 0.2) is 16.6 Å². The monoisotopic (exact) mass is 538 g/mol. The van der Waals surface area contributed by atoms with E-state index in [1.807, 2.05) is 35.0 Å². The van der Waals surface area contributed by atoms with Crippen LogP contribution in [0.4, 0.5) is 5.13 Å². The predicted molar refractivity (Wildman–Crippen MR) is 154 cm³/mol. The van der Waals surface area contributed by atoms with Crippen molar-refractivity contribution in [2.45, 2.75) is 39.8 Å². The first-order valence-electron chi connectivity index (χ1n) is 13.1. The lowest BCUT2D eigenvalue weighted by atomic mass is 9.98. The second-order valence-electron chi connectivity index (χ2n) is 9.00. The Labute approximate surface area is 231 Å². The summed E-state index contributed by atoms with van der Waals surface area (Å²) in [5.41, 5.74) is 5.78. The van der Waals surface area contributed by atoms with Gasteiger partial charge < -0.3 is 10.1 Å². The van der Waals surface area contributed by atoms with Crippen molar-refractivity contribution in [2.24, 2.45) is 0 Å². The van der Waals surface area contributed by atoms with Crippen LogP contribution in [0, 0.1) is 0 Å². The first kappa shape index (κ1) is 26.2. The molecule has 0 aliphatic heterocycles. The molecule has 39 heavy (non-hydrogen) atoms. The highest BCUT2D eigenvalue weighted by Crippen LogP contribution is 2.31. The van der Waals surface area contributed by atoms with Gasteiger partial charge in [0.05, 0.1) is 13.2 Å². The van der Waals surface area contributed by atoms with Crippen molar-refractivity contribution in [3.8, 4) is 22.5 Å². The van der Waals surface area contributed by atoms with Crippen LogP contribution in [0.3, 0.4) is 0 Å². The summed E-state index contributed by atoms with van der Waals surface area (Å²) in [5.74, 6) is 0.368. The molecule has 2 heterocycles. The van der Waals surface area contributed by atoms with Crippen molar-refractivity contribution >= 4 is 22.4 Å². The number of hydrogen-bond acceptors (Lipinski definition) is 8. The third-order valence-corrected chi connectivity index (χ3v) is 7.30. The van der Waals surface area contributed by atoms with E-state index in [9.17, 15) is 4.79 Å². The summed E-state index contributed by atoms with van der Waals surface area (Å²) >= 11 is 1.52. The lowest BCUT2D eigenvalue weighted by molar-refractivity contribution is 0.0519. The van der Waals surface area contributed by atoms with Gasteiger partial charge in [-0.1, -0.05) is 92.2 Å². The molecule has 5 rings (SSSR count). The van der Waals surface area contributed by atoms with Crippen molar-refractivity contribution in [3.05, 3.63) is 101 Å². The highest BCUT2D eigenvalue weighted by atomic mass is 32.1. The number of rotatable bonds is 11. The summed E-state index contributed by atoms with van der Waals surface area (Å²) in [4.78, 5) is 17.8. The number of benzene rings is 3. The van der Waals surface area contributed by atoms with Crippen LogP contribution in [0.25, 0.3) is 22.5 Å². The van der Waals surface area contributed by atoms with Gasteiger partial charge in [-0.05, 0) is 46.0 Å². The molecule has 1 N–H and O–H groups in total. The predicted octanol–water partition coefficient (Wildman–Crippen LogP) is 6.25. The van der Waals surface area contributed by atoms with E-state index in [-0.39, 0.29) is 5.97 Å². The Hall–Kier alpha value is -4.37. The van der Waals surface area contributed by atoms with Crippen LogP contribution in [-0.4, -0.2) is 37.8 Å². The summed E-state index contributed by atoms with van der Waals surface area (Å²) in [6.45, 7) is 5.42. The van der Waals surface area contributed by atoms with E-state index in [1.54, 1.807) is 6.92 Å². The SMILES string of the molecule is CCCc1sc(NCc2ccc(-c3ccccc3-c3nnnn3Cc3ccccc3)cc2)nc1C(=O)OCC. The Morgan fingerprint density at radius 1 is 0.923 bits per heavy atom. The van der Waals surface area contributed by atoms with Crippen LogP contribution in [0.1, 0.15) is 46.8 Å². The highest BCUT2D eigenvalue weighted by Gasteiger charge is 2.19. The third kappa shape index (κ3) is 6.21. The number of esters is 1. The van der Waals surface area contributed by atoms with Crippen LogP contribution >= 0.6 is 11.3 Å². The minimum Gasteiger partial charge on any atom is -0.461 e. The standard InChI is InChI=1S/C30H30N6O2S/c1-3-10-26-27(29(37)38-4-2)32-30(39-26)31-19-21-15-17-23(18-16-21)24-13-8-9-14-25(24)28-33-34-35-36(28)20-22-11-6-5-7-12-22/h5-9,11-18H,3-4,10,19-20H2,1-2H3,(H,31,32). The Morgan fingerprint density at radius 3 is 2.41 bits per heavy atom. The number of thiazole rings is 1. The molecule has 0 unspecified atom stereocenters. The minimum absolute atomic E-state index is 0.335. The molecule has 198 valence electrons. The summed E-state index contributed by atoms with van der Waals surface area (Å²) in [6, 6.07) is 26.7. The molecule has 0 saturated heterocycles. The number of carbonyl (C=O) groups is 1. The summed E-state index contributed by atoms with van der Waals surface area (Å²) in [6.07, 6.45) is 1.74. The molecular formula is C30H30N6O2S. The lowest BCUT2D eigenvalue weighted by Crippen LogP contribution is -2.08. The van der Waals surface area contributed by atoms with E-state index in [2.05, 4.69) is 81.3 Å². The van der Waals surface area contributed by atoms with E-state index < -0.39 is 0 Å². The molecule has 8 nitrogen and oxygen atoms in total. The van der Waals surface area contributed by atoms with E-state index in [0.717, 1.165) is 56.5 Å². The Balaban J connectivity index is 1.32. The first-order chi connectivity index (χ1) is 19.2. The van der Waals surface area contributed by atoms with Gasteiger partial charge in [-0.3, -0.25) is 0 Å². The van der Waals surface area contributed by atoms with E-state index in [0.29, 0.717) is 25.4 Å². The first-order valence-corrected chi connectivity index (χ1v) is 13.9. The third-order valence-electron chi connectivity index (χ3n) is 6.23. The molecule has 0 bridgehead atoms. The van der Waals surface area contributed by atoms with Crippen molar-refractivity contribution in [3.63, 3.8) is 0 Å². The van der Waals surface area contributed by atoms with E-state index >= 15 is 0 Å². The molecule has 0 amide bonds. The number of tetrazole rings is 1. The topological polar surface area (TPSA) is 94.8 Å². The van der Waals surface area contributed by atoms with Gasteiger partial charge in [-0.2, -0.15) is 0 Å². The van der Waals surface area contributed by atoms with Crippen LogP contribution in [0.5, 0.6) is 0 Å². The second-order valence-corrected chi connectivity index (χ2v) is 10.1. The maximum atomic E-state index is 12.3. The summed E-state index contributed by atoms with van der Waals surface area (Å²) in [7, 11) is 0. The summed E-state index contributed by atoms with van der Waals surface area (Å²) in [5, 5.41) is 16.6. The number of hydrogen-bond donors (Lipinski definition) is 1. The number of anilines is 1. The van der Waals surface area contributed by atoms with E-state index in [4.69, 9.17) is 4.74 Å². The van der Waals surface area contributed by atoms with Gasteiger partial charge in [0.2, 0.25) is 0 Å². The maximum absolute atomic E-state index is 12.3. The number of aromatic nitrogens is 5. The minimum atomic E-state index is -0.358. The largest absolute Gasteiger partial charge is 0.461 e. The van der Waals surface area contributed by atoms with Gasteiger partial charge in [-0.15, -0.1) is 16.4 Å². The molecule has 9 heteroatoms. The van der Waals surface area contributed by atoms with Crippen LogP contribution in [-0.2, 0) is 24.2 Å². The average Bonchev–Trinajstić information content (AvgIpc) is 3.60. The van der Waals surface area contributed by atoms with Crippen LogP contribution in [0.2, 0.25) is 0 Å². The number of nitrogens with zero attached hydrogens (tertiary/aromatic N) is 5. The quantitative estimate of drug-likeness (QED) is 0.199. The zero-order chi connectivity index (χ0) is 27.0. The number of ether oxygens (including phenoxy) is 1. The molecule has 5 aromatic rings. The molecule has 0 radical (unpaired) electrons. The highest BCUT2D eigenvalue weighted by molar-refractivity contribution is 7.15. The maximum Gasteiger partial charge on any atom is 0.358 e. The molecule has 0 saturated carbocycles. The zero-order valence-electron chi connectivity index (χ0n) is 22.0. The number of carbonyl (C=O) groups excluding carboxylic acids is 1. The zero-order valence-corrected chi connectivity index (χ0v) is 22.8. The fourth-order valence-electron chi connectivity index (χ4n) is 4.35. The molecule has 0 aliphatic rings. The van der Waals surface area contributed by atoms with Gasteiger partial charge in [-0.25, -0.2) is 14.5 Å². The normalized spacial score (nSPS) is 10.9. The molecule has 0 aliphatic carbocycles. The number of aryl methyl sites for hydroxylation is 1. The van der Waals surface area contributed by atoms with Gasteiger partial charge >= 0.3 is 5.97 Å². The van der Waals surface area contributed by atoms with E-state index in [1.165, 1.54) is 11.3 Å². The Bertz CT molecular complexity index is 1530. The lowest BCUT2D eigenvalue weighted by Gasteiger charge is -2.11. The van der Waals surface area contributed by atoms with Crippen molar-refractivity contribution < 1.29 is 9.53 Å². The van der Waals surface area contributed by atoms with Gasteiger partial charge in [0.25, 0.3) is 0 Å². The molecule has 0 spiro atoms. The molecular weight excluding hydrogens is 508 g/mol. The fourth-order valence-corrected chi connectivity index (χ4v) is 5.40. The van der Waals surface area contributed by atoms with Crippen molar-refractivity contribution in [1.82, 2.24) is 25.2 Å². The molecule has 0 atom stereocenters. The Morgan fingerprint density at radius 2 is 1.67 bits per heavy atom. The molecule has 3 aromatic carbocycles. The fraction of sp³-hybridized carbons (Fsp3) is 0.233. The van der Waals surface area contributed by atoms with Crippen molar-refractivity contribution in [1.29, 1.82) is 0 Å². The molecule has 2 aromatic heterocycles.